The Balaban J connectivity index is 1.55. The standard InChI is InChI=1S/C20H19N3O/c24-20(16-8-10-17(11-9-16)23-13-1-2-14-23)22-18-7-3-5-15-6-4-12-21-19(15)18/h3-12H,1-2,13-14H2,(H,22,24). The molecule has 4 heteroatoms. The van der Waals surface area contributed by atoms with E-state index in [-0.39, 0.29) is 5.91 Å². The van der Waals surface area contributed by atoms with Gasteiger partial charge in [0.25, 0.3) is 5.91 Å². The van der Waals surface area contributed by atoms with Crippen molar-refractivity contribution < 1.29 is 4.79 Å². The Morgan fingerprint density at radius 3 is 2.50 bits per heavy atom. The van der Waals surface area contributed by atoms with Gasteiger partial charge in [-0.2, -0.15) is 0 Å². The molecule has 1 saturated heterocycles. The highest BCUT2D eigenvalue weighted by atomic mass is 16.1. The molecule has 1 amide bonds. The Hall–Kier alpha value is -2.88. The predicted octanol–water partition coefficient (Wildman–Crippen LogP) is 4.09. The third kappa shape index (κ3) is 2.83. The quantitative estimate of drug-likeness (QED) is 0.791. The molecule has 0 radical (unpaired) electrons. The summed E-state index contributed by atoms with van der Waals surface area (Å²) in [5, 5.41) is 3.99. The Labute approximate surface area is 141 Å². The number of nitrogens with zero attached hydrogens (tertiary/aromatic N) is 2. The summed E-state index contributed by atoms with van der Waals surface area (Å²) in [6.45, 7) is 2.21. The molecule has 4 rings (SSSR count). The monoisotopic (exact) mass is 317 g/mol. The zero-order valence-electron chi connectivity index (χ0n) is 13.4. The Kier molecular flexibility index (Phi) is 3.87. The number of fused-ring (bicyclic) bond motifs is 1. The molecule has 1 aliphatic rings. The van der Waals surface area contributed by atoms with Crippen LogP contribution in [0.2, 0.25) is 0 Å². The second-order valence-electron chi connectivity index (χ2n) is 6.08. The molecular formula is C20H19N3O. The fourth-order valence-corrected chi connectivity index (χ4v) is 3.20. The number of hydrogen-bond donors (Lipinski definition) is 1. The Bertz CT molecular complexity index is 862. The summed E-state index contributed by atoms with van der Waals surface area (Å²) in [5.74, 6) is -0.110. The number of para-hydroxylation sites is 1. The minimum Gasteiger partial charge on any atom is -0.372 e. The number of aromatic nitrogens is 1. The van der Waals surface area contributed by atoms with Gasteiger partial charge in [-0.3, -0.25) is 9.78 Å². The smallest absolute Gasteiger partial charge is 0.255 e. The number of hydrogen-bond acceptors (Lipinski definition) is 3. The number of rotatable bonds is 3. The second kappa shape index (κ2) is 6.32. The minimum atomic E-state index is -0.110. The van der Waals surface area contributed by atoms with Crippen LogP contribution in [-0.2, 0) is 0 Å². The van der Waals surface area contributed by atoms with Crippen molar-refractivity contribution in [3.63, 3.8) is 0 Å². The molecule has 3 aromatic rings. The van der Waals surface area contributed by atoms with E-state index in [4.69, 9.17) is 0 Å². The summed E-state index contributed by atoms with van der Waals surface area (Å²) >= 11 is 0. The molecular weight excluding hydrogens is 298 g/mol. The van der Waals surface area contributed by atoms with Crippen LogP contribution in [0, 0.1) is 0 Å². The van der Waals surface area contributed by atoms with Gasteiger partial charge in [-0.25, -0.2) is 0 Å². The summed E-state index contributed by atoms with van der Waals surface area (Å²) in [6, 6.07) is 17.5. The number of carbonyl (C=O) groups excluding carboxylic acids is 1. The average Bonchev–Trinajstić information content (AvgIpc) is 3.17. The van der Waals surface area contributed by atoms with Gasteiger partial charge in [0.2, 0.25) is 0 Å². The SMILES string of the molecule is O=C(Nc1cccc2cccnc12)c1ccc(N2CCCC2)cc1. The van der Waals surface area contributed by atoms with Crippen LogP contribution in [0.4, 0.5) is 11.4 Å². The van der Waals surface area contributed by atoms with E-state index in [0.29, 0.717) is 5.56 Å². The molecule has 0 atom stereocenters. The molecule has 1 N–H and O–H groups in total. The molecule has 0 aliphatic carbocycles. The molecule has 4 nitrogen and oxygen atoms in total. The third-order valence-corrected chi connectivity index (χ3v) is 4.48. The minimum absolute atomic E-state index is 0.110. The van der Waals surface area contributed by atoms with Crippen molar-refractivity contribution >= 4 is 28.2 Å². The molecule has 120 valence electrons. The van der Waals surface area contributed by atoms with Crippen molar-refractivity contribution in [1.29, 1.82) is 0 Å². The van der Waals surface area contributed by atoms with Gasteiger partial charge in [-0.1, -0.05) is 18.2 Å². The second-order valence-corrected chi connectivity index (χ2v) is 6.08. The molecule has 1 fully saturated rings. The molecule has 24 heavy (non-hydrogen) atoms. The van der Waals surface area contributed by atoms with Gasteiger partial charge in [-0.15, -0.1) is 0 Å². The number of carbonyl (C=O) groups is 1. The van der Waals surface area contributed by atoms with E-state index in [0.717, 1.165) is 29.7 Å². The Morgan fingerprint density at radius 2 is 1.71 bits per heavy atom. The van der Waals surface area contributed by atoms with E-state index >= 15 is 0 Å². The van der Waals surface area contributed by atoms with Gasteiger partial charge in [-0.05, 0) is 49.2 Å². The largest absolute Gasteiger partial charge is 0.372 e. The van der Waals surface area contributed by atoms with E-state index in [1.807, 2.05) is 54.6 Å². The summed E-state index contributed by atoms with van der Waals surface area (Å²) in [4.78, 5) is 19.3. The first-order valence-electron chi connectivity index (χ1n) is 8.31. The zero-order chi connectivity index (χ0) is 16.4. The van der Waals surface area contributed by atoms with Crippen molar-refractivity contribution in [1.82, 2.24) is 4.98 Å². The van der Waals surface area contributed by atoms with Gasteiger partial charge in [0, 0.05) is 35.9 Å². The maximum Gasteiger partial charge on any atom is 0.255 e. The lowest BCUT2D eigenvalue weighted by molar-refractivity contribution is 0.102. The summed E-state index contributed by atoms with van der Waals surface area (Å²) in [7, 11) is 0. The normalized spacial score (nSPS) is 14.1. The molecule has 1 aliphatic heterocycles. The fraction of sp³-hybridized carbons (Fsp3) is 0.200. The Morgan fingerprint density at radius 1 is 0.958 bits per heavy atom. The van der Waals surface area contributed by atoms with Crippen molar-refractivity contribution in [2.24, 2.45) is 0 Å². The average molecular weight is 317 g/mol. The highest BCUT2D eigenvalue weighted by Gasteiger charge is 2.13. The number of anilines is 2. The van der Waals surface area contributed by atoms with Crippen molar-refractivity contribution in [2.75, 3.05) is 23.3 Å². The van der Waals surface area contributed by atoms with Crippen molar-refractivity contribution in [3.05, 3.63) is 66.4 Å². The van der Waals surface area contributed by atoms with Gasteiger partial charge in [0.15, 0.2) is 0 Å². The van der Waals surface area contributed by atoms with Crippen molar-refractivity contribution in [3.8, 4) is 0 Å². The molecule has 2 aromatic carbocycles. The first kappa shape index (κ1) is 14.7. The van der Waals surface area contributed by atoms with Crippen molar-refractivity contribution in [2.45, 2.75) is 12.8 Å². The van der Waals surface area contributed by atoms with Crippen LogP contribution in [0.3, 0.4) is 0 Å². The number of benzene rings is 2. The maximum absolute atomic E-state index is 12.5. The van der Waals surface area contributed by atoms with E-state index in [9.17, 15) is 4.79 Å². The molecule has 1 aromatic heterocycles. The fourth-order valence-electron chi connectivity index (χ4n) is 3.20. The van der Waals surface area contributed by atoms with E-state index < -0.39 is 0 Å². The third-order valence-electron chi connectivity index (χ3n) is 4.48. The maximum atomic E-state index is 12.5. The summed E-state index contributed by atoms with van der Waals surface area (Å²) < 4.78 is 0. The zero-order valence-corrected chi connectivity index (χ0v) is 13.4. The summed E-state index contributed by atoms with van der Waals surface area (Å²) in [5.41, 5.74) is 3.39. The van der Waals surface area contributed by atoms with Gasteiger partial charge < -0.3 is 10.2 Å². The highest BCUT2D eigenvalue weighted by Crippen LogP contribution is 2.23. The van der Waals surface area contributed by atoms with Crippen LogP contribution in [0.15, 0.2) is 60.8 Å². The van der Waals surface area contributed by atoms with Crippen LogP contribution in [0.5, 0.6) is 0 Å². The predicted molar refractivity (Wildman–Crippen MR) is 97.6 cm³/mol. The molecule has 0 saturated carbocycles. The van der Waals surface area contributed by atoms with Crippen LogP contribution >= 0.6 is 0 Å². The van der Waals surface area contributed by atoms with E-state index in [2.05, 4.69) is 15.2 Å². The van der Waals surface area contributed by atoms with E-state index in [1.54, 1.807) is 6.20 Å². The first-order chi connectivity index (χ1) is 11.8. The topological polar surface area (TPSA) is 45.2 Å². The van der Waals surface area contributed by atoms with E-state index in [1.165, 1.54) is 18.5 Å². The number of nitrogens with one attached hydrogen (secondary N) is 1. The van der Waals surface area contributed by atoms with Crippen LogP contribution < -0.4 is 10.2 Å². The first-order valence-corrected chi connectivity index (χ1v) is 8.31. The van der Waals surface area contributed by atoms with Crippen LogP contribution in [0.1, 0.15) is 23.2 Å². The molecule has 0 bridgehead atoms. The summed E-state index contributed by atoms with van der Waals surface area (Å²) in [6.07, 6.45) is 4.23. The highest BCUT2D eigenvalue weighted by molar-refractivity contribution is 6.08. The lowest BCUT2D eigenvalue weighted by Gasteiger charge is -2.17. The molecule has 0 spiro atoms. The molecule has 2 heterocycles. The lowest BCUT2D eigenvalue weighted by atomic mass is 10.1. The van der Waals surface area contributed by atoms with Gasteiger partial charge >= 0.3 is 0 Å². The van der Waals surface area contributed by atoms with Crippen LogP contribution in [0.25, 0.3) is 10.9 Å². The lowest BCUT2D eigenvalue weighted by Crippen LogP contribution is -2.18. The van der Waals surface area contributed by atoms with Gasteiger partial charge in [0.1, 0.15) is 0 Å². The van der Waals surface area contributed by atoms with Gasteiger partial charge in [0.05, 0.1) is 11.2 Å². The molecule has 0 unspecified atom stereocenters. The number of pyridine rings is 1. The van der Waals surface area contributed by atoms with Crippen LogP contribution in [-0.4, -0.2) is 24.0 Å². The number of amides is 1.